The van der Waals surface area contributed by atoms with Crippen LogP contribution in [0.1, 0.15) is 37.3 Å². The van der Waals surface area contributed by atoms with Gasteiger partial charge in [-0.05, 0) is 24.6 Å². The van der Waals surface area contributed by atoms with Crippen molar-refractivity contribution in [2.24, 2.45) is 5.84 Å². The van der Waals surface area contributed by atoms with E-state index >= 15 is 0 Å². The second kappa shape index (κ2) is 8.31. The number of nitrogens with zero attached hydrogens (tertiary/aromatic N) is 2. The van der Waals surface area contributed by atoms with E-state index in [1.165, 1.54) is 5.56 Å². The molecule has 0 bridgehead atoms. The second-order valence-corrected chi connectivity index (χ2v) is 4.75. The summed E-state index contributed by atoms with van der Waals surface area (Å²) in [5.41, 5.74) is 4.28. The number of carbonyl (C=O) groups is 1. The van der Waals surface area contributed by atoms with Crippen LogP contribution in [0.2, 0.25) is 0 Å². The number of nitrogens with one attached hydrogen (secondary N) is 1. The number of hydrogen-bond donors (Lipinski definition) is 2. The number of nitriles is 1. The molecule has 0 aliphatic rings. The van der Waals surface area contributed by atoms with Crippen molar-refractivity contribution in [3.63, 3.8) is 0 Å². The van der Waals surface area contributed by atoms with Gasteiger partial charge in [0, 0.05) is 19.5 Å². The van der Waals surface area contributed by atoms with Gasteiger partial charge in [-0.15, -0.1) is 0 Å². The first-order valence-electron chi connectivity index (χ1n) is 6.81. The van der Waals surface area contributed by atoms with Crippen molar-refractivity contribution in [3.05, 3.63) is 35.4 Å². The fourth-order valence-corrected chi connectivity index (χ4v) is 2.00. The molecule has 5 heteroatoms. The molecule has 0 spiro atoms. The van der Waals surface area contributed by atoms with E-state index < -0.39 is 0 Å². The third-order valence-electron chi connectivity index (χ3n) is 3.41. The zero-order valence-corrected chi connectivity index (χ0v) is 12.1. The number of rotatable bonds is 7. The summed E-state index contributed by atoms with van der Waals surface area (Å²) in [6.07, 6.45) is 0.541. The summed E-state index contributed by atoms with van der Waals surface area (Å²) in [6.45, 7) is 6.41. The zero-order valence-electron chi connectivity index (χ0n) is 12.1. The zero-order chi connectivity index (χ0) is 15.0. The average Bonchev–Trinajstić information content (AvgIpc) is 2.50. The Hall–Kier alpha value is -1.90. The van der Waals surface area contributed by atoms with Crippen LogP contribution in [0.15, 0.2) is 24.3 Å². The minimum atomic E-state index is -0.255. The Bertz CT molecular complexity index is 464. The van der Waals surface area contributed by atoms with Crippen LogP contribution < -0.4 is 11.3 Å². The van der Waals surface area contributed by atoms with Crippen LogP contribution in [-0.2, 0) is 11.3 Å². The van der Waals surface area contributed by atoms with Crippen molar-refractivity contribution >= 4 is 5.91 Å². The monoisotopic (exact) mass is 274 g/mol. The van der Waals surface area contributed by atoms with Gasteiger partial charge < -0.3 is 0 Å². The summed E-state index contributed by atoms with van der Waals surface area (Å²) in [6, 6.07) is 10.1. The molecular formula is C15H22N4O. The molecule has 108 valence electrons. The van der Waals surface area contributed by atoms with Gasteiger partial charge in [0.2, 0.25) is 5.91 Å². The number of carbonyl (C=O) groups excluding carboxylic acids is 1. The average molecular weight is 274 g/mol. The first-order chi connectivity index (χ1) is 9.62. The molecule has 1 aromatic carbocycles. The third-order valence-corrected chi connectivity index (χ3v) is 3.41. The predicted octanol–water partition coefficient (Wildman–Crippen LogP) is 1.52. The Morgan fingerprint density at radius 1 is 1.45 bits per heavy atom. The van der Waals surface area contributed by atoms with E-state index in [4.69, 9.17) is 11.1 Å². The molecular weight excluding hydrogens is 252 g/mol. The fraction of sp³-hybridized carbons (Fsp3) is 0.467. The smallest absolute Gasteiger partial charge is 0.241 e. The van der Waals surface area contributed by atoms with Crippen LogP contribution in [0.5, 0.6) is 0 Å². The van der Waals surface area contributed by atoms with Gasteiger partial charge in [0.15, 0.2) is 0 Å². The van der Waals surface area contributed by atoms with Crippen LogP contribution in [0.3, 0.4) is 0 Å². The first-order valence-corrected chi connectivity index (χ1v) is 6.81. The summed E-state index contributed by atoms with van der Waals surface area (Å²) in [4.78, 5) is 13.7. The molecule has 1 atom stereocenters. The molecule has 0 saturated carbocycles. The van der Waals surface area contributed by atoms with Gasteiger partial charge in [-0.2, -0.15) is 5.26 Å². The van der Waals surface area contributed by atoms with Crippen molar-refractivity contribution in [1.29, 1.82) is 5.26 Å². The van der Waals surface area contributed by atoms with E-state index in [0.717, 1.165) is 25.2 Å². The molecule has 0 aromatic heterocycles. The second-order valence-electron chi connectivity index (χ2n) is 4.75. The van der Waals surface area contributed by atoms with E-state index in [1.54, 1.807) is 0 Å². The Labute approximate surface area is 120 Å². The topological polar surface area (TPSA) is 82.2 Å². The van der Waals surface area contributed by atoms with Gasteiger partial charge in [-0.3, -0.25) is 15.1 Å². The lowest BCUT2D eigenvalue weighted by Crippen LogP contribution is -2.33. The Balaban J connectivity index is 2.66. The van der Waals surface area contributed by atoms with E-state index in [0.29, 0.717) is 6.42 Å². The van der Waals surface area contributed by atoms with Crippen molar-refractivity contribution < 1.29 is 4.79 Å². The predicted molar refractivity (Wildman–Crippen MR) is 78.4 cm³/mol. The van der Waals surface area contributed by atoms with Gasteiger partial charge in [0.1, 0.15) is 0 Å². The number of amides is 1. The van der Waals surface area contributed by atoms with Gasteiger partial charge in [0.25, 0.3) is 0 Å². The van der Waals surface area contributed by atoms with Crippen LogP contribution in [0, 0.1) is 11.3 Å². The summed E-state index contributed by atoms with van der Waals surface area (Å²) < 4.78 is 0. The Kier molecular flexibility index (Phi) is 6.71. The molecule has 0 aliphatic carbocycles. The maximum atomic E-state index is 11.5. The van der Waals surface area contributed by atoms with Crippen LogP contribution >= 0.6 is 0 Å². The molecule has 5 nitrogen and oxygen atoms in total. The maximum absolute atomic E-state index is 11.5. The quantitative estimate of drug-likeness (QED) is 0.448. The van der Waals surface area contributed by atoms with Crippen LogP contribution in [0.4, 0.5) is 0 Å². The molecule has 1 unspecified atom stereocenters. The molecule has 1 rings (SSSR count). The molecule has 0 fully saturated rings. The molecule has 1 aromatic rings. The molecule has 0 aliphatic heterocycles. The van der Waals surface area contributed by atoms with Gasteiger partial charge in [0.05, 0.1) is 12.0 Å². The Morgan fingerprint density at radius 2 is 2.10 bits per heavy atom. The minimum absolute atomic E-state index is 0.193. The molecule has 3 N–H and O–H groups in total. The lowest BCUT2D eigenvalue weighted by molar-refractivity contribution is -0.122. The number of nitrogens with two attached hydrogens (primary N) is 1. The van der Waals surface area contributed by atoms with E-state index in [9.17, 15) is 4.79 Å². The summed E-state index contributed by atoms with van der Waals surface area (Å²) in [5.74, 6) is 4.69. The van der Waals surface area contributed by atoms with Crippen molar-refractivity contribution in [3.8, 4) is 6.07 Å². The molecule has 0 radical (unpaired) electrons. The van der Waals surface area contributed by atoms with Crippen LogP contribution in [0.25, 0.3) is 0 Å². The highest BCUT2D eigenvalue weighted by Crippen LogP contribution is 2.16. The van der Waals surface area contributed by atoms with Gasteiger partial charge in [-0.25, -0.2) is 5.84 Å². The molecule has 20 heavy (non-hydrogen) atoms. The number of hydrazine groups is 1. The standard InChI is InChI=1S/C15H22N4O/c1-3-19(10-4-9-16)11-13-5-7-14(8-6-13)12(2)15(20)18-17/h5-8,12H,3-4,10-11,17H2,1-2H3,(H,18,20). The third kappa shape index (κ3) is 4.65. The maximum Gasteiger partial charge on any atom is 0.241 e. The van der Waals surface area contributed by atoms with E-state index in [1.807, 2.05) is 31.2 Å². The van der Waals surface area contributed by atoms with E-state index in [2.05, 4.69) is 23.3 Å². The molecule has 1 amide bonds. The summed E-state index contributed by atoms with van der Waals surface area (Å²) in [5, 5.41) is 8.62. The summed E-state index contributed by atoms with van der Waals surface area (Å²) in [7, 11) is 0. The largest absolute Gasteiger partial charge is 0.298 e. The first kappa shape index (κ1) is 16.2. The summed E-state index contributed by atoms with van der Waals surface area (Å²) >= 11 is 0. The number of benzene rings is 1. The highest BCUT2D eigenvalue weighted by Gasteiger charge is 2.13. The van der Waals surface area contributed by atoms with Crippen molar-refractivity contribution in [2.45, 2.75) is 32.7 Å². The molecule has 0 heterocycles. The lowest BCUT2D eigenvalue weighted by Gasteiger charge is -2.19. The highest BCUT2D eigenvalue weighted by atomic mass is 16.2. The van der Waals surface area contributed by atoms with Gasteiger partial charge in [-0.1, -0.05) is 31.2 Å². The van der Waals surface area contributed by atoms with E-state index in [-0.39, 0.29) is 11.8 Å². The van der Waals surface area contributed by atoms with Crippen molar-refractivity contribution in [1.82, 2.24) is 10.3 Å². The van der Waals surface area contributed by atoms with Crippen molar-refractivity contribution in [2.75, 3.05) is 13.1 Å². The lowest BCUT2D eigenvalue weighted by atomic mass is 9.99. The highest BCUT2D eigenvalue weighted by molar-refractivity contribution is 5.82. The minimum Gasteiger partial charge on any atom is -0.298 e. The Morgan fingerprint density at radius 3 is 2.60 bits per heavy atom. The molecule has 0 saturated heterocycles. The van der Waals surface area contributed by atoms with Crippen LogP contribution in [-0.4, -0.2) is 23.9 Å². The number of hydrogen-bond acceptors (Lipinski definition) is 4. The normalized spacial score (nSPS) is 11.9. The van der Waals surface area contributed by atoms with Gasteiger partial charge >= 0.3 is 0 Å². The fourth-order valence-electron chi connectivity index (χ4n) is 2.00. The SMILES string of the molecule is CCN(CCC#N)Cc1ccc(C(C)C(=O)NN)cc1.